The SMILES string of the molecule is CCC(C)CSc1cccc(CNC(C)(C)C)c1. The summed E-state index contributed by atoms with van der Waals surface area (Å²) >= 11 is 1.97. The van der Waals surface area contributed by atoms with E-state index in [1.165, 1.54) is 22.6 Å². The third kappa shape index (κ3) is 6.46. The van der Waals surface area contributed by atoms with Gasteiger partial charge >= 0.3 is 0 Å². The second-order valence-corrected chi connectivity index (χ2v) is 7.17. The van der Waals surface area contributed by atoms with Gasteiger partial charge in [-0.2, -0.15) is 0 Å². The van der Waals surface area contributed by atoms with Gasteiger partial charge in [-0.05, 0) is 44.4 Å². The van der Waals surface area contributed by atoms with E-state index >= 15 is 0 Å². The summed E-state index contributed by atoms with van der Waals surface area (Å²) in [6.45, 7) is 12.1. The number of nitrogens with one attached hydrogen (secondary N) is 1. The van der Waals surface area contributed by atoms with E-state index in [0.717, 1.165) is 12.5 Å². The van der Waals surface area contributed by atoms with Crippen LogP contribution in [0.15, 0.2) is 29.2 Å². The van der Waals surface area contributed by atoms with Crippen molar-refractivity contribution in [2.75, 3.05) is 5.75 Å². The highest BCUT2D eigenvalue weighted by atomic mass is 32.2. The zero-order chi connectivity index (χ0) is 13.6. The molecule has 0 heterocycles. The highest BCUT2D eigenvalue weighted by Gasteiger charge is 2.08. The summed E-state index contributed by atoms with van der Waals surface area (Å²) in [6, 6.07) is 8.89. The van der Waals surface area contributed by atoms with Gasteiger partial charge in [-0.25, -0.2) is 0 Å². The van der Waals surface area contributed by atoms with Crippen LogP contribution in [0.2, 0.25) is 0 Å². The van der Waals surface area contributed by atoms with Crippen LogP contribution < -0.4 is 5.32 Å². The summed E-state index contributed by atoms with van der Waals surface area (Å²) in [4.78, 5) is 1.39. The molecular weight excluding hydrogens is 238 g/mol. The Bertz CT molecular complexity index is 354. The number of benzene rings is 1. The van der Waals surface area contributed by atoms with Crippen LogP contribution in [0.5, 0.6) is 0 Å². The van der Waals surface area contributed by atoms with E-state index in [4.69, 9.17) is 0 Å². The molecule has 102 valence electrons. The molecule has 1 N–H and O–H groups in total. The lowest BCUT2D eigenvalue weighted by atomic mass is 10.1. The van der Waals surface area contributed by atoms with E-state index in [1.54, 1.807) is 0 Å². The first-order valence-electron chi connectivity index (χ1n) is 6.87. The van der Waals surface area contributed by atoms with Crippen LogP contribution in [-0.4, -0.2) is 11.3 Å². The van der Waals surface area contributed by atoms with Crippen LogP contribution in [0.3, 0.4) is 0 Å². The van der Waals surface area contributed by atoms with Gasteiger partial charge in [0.05, 0.1) is 0 Å². The lowest BCUT2D eigenvalue weighted by Crippen LogP contribution is -2.35. The predicted octanol–water partition coefficient (Wildman–Crippen LogP) is 4.71. The normalized spacial score (nSPS) is 13.6. The lowest BCUT2D eigenvalue weighted by molar-refractivity contribution is 0.424. The summed E-state index contributed by atoms with van der Waals surface area (Å²) in [5, 5.41) is 3.53. The molecule has 0 aromatic heterocycles. The van der Waals surface area contributed by atoms with E-state index < -0.39 is 0 Å². The van der Waals surface area contributed by atoms with Gasteiger partial charge in [0.15, 0.2) is 0 Å². The monoisotopic (exact) mass is 265 g/mol. The van der Waals surface area contributed by atoms with E-state index in [-0.39, 0.29) is 5.54 Å². The molecule has 0 saturated carbocycles. The summed E-state index contributed by atoms with van der Waals surface area (Å²) in [5.41, 5.74) is 1.55. The fourth-order valence-electron chi connectivity index (χ4n) is 1.47. The van der Waals surface area contributed by atoms with Gasteiger partial charge in [0.25, 0.3) is 0 Å². The molecule has 2 heteroatoms. The Morgan fingerprint density at radius 1 is 1.28 bits per heavy atom. The van der Waals surface area contributed by atoms with Crippen molar-refractivity contribution < 1.29 is 0 Å². The summed E-state index contributed by atoms with van der Waals surface area (Å²) in [7, 11) is 0. The van der Waals surface area contributed by atoms with Gasteiger partial charge in [-0.1, -0.05) is 32.4 Å². The minimum atomic E-state index is 0.180. The van der Waals surface area contributed by atoms with E-state index in [0.29, 0.717) is 0 Å². The standard InChI is InChI=1S/C16H27NS/c1-6-13(2)12-18-15-9-7-8-14(10-15)11-17-16(3,4)5/h7-10,13,17H,6,11-12H2,1-5H3. The van der Waals surface area contributed by atoms with E-state index in [9.17, 15) is 0 Å². The minimum absolute atomic E-state index is 0.180. The van der Waals surface area contributed by atoms with Crippen molar-refractivity contribution in [3.63, 3.8) is 0 Å². The number of hydrogen-bond acceptors (Lipinski definition) is 2. The smallest absolute Gasteiger partial charge is 0.0210 e. The maximum absolute atomic E-state index is 3.53. The molecule has 0 amide bonds. The zero-order valence-corrected chi connectivity index (χ0v) is 13.2. The molecule has 0 aliphatic carbocycles. The highest BCUT2D eigenvalue weighted by Crippen LogP contribution is 2.23. The van der Waals surface area contributed by atoms with E-state index in [1.807, 2.05) is 11.8 Å². The molecule has 18 heavy (non-hydrogen) atoms. The van der Waals surface area contributed by atoms with Gasteiger partial charge in [-0.3, -0.25) is 0 Å². The van der Waals surface area contributed by atoms with Gasteiger partial charge in [0.2, 0.25) is 0 Å². The van der Waals surface area contributed by atoms with Crippen LogP contribution in [0.25, 0.3) is 0 Å². The van der Waals surface area contributed by atoms with Crippen LogP contribution in [-0.2, 0) is 6.54 Å². The molecule has 0 bridgehead atoms. The second kappa shape index (κ2) is 7.20. The van der Waals surface area contributed by atoms with Gasteiger partial charge in [-0.15, -0.1) is 11.8 Å². The molecule has 0 saturated heterocycles. The second-order valence-electron chi connectivity index (χ2n) is 6.08. The van der Waals surface area contributed by atoms with Gasteiger partial charge in [0, 0.05) is 22.7 Å². The Morgan fingerprint density at radius 3 is 2.61 bits per heavy atom. The Labute approximate surface area is 117 Å². The molecule has 1 atom stereocenters. The first kappa shape index (κ1) is 15.6. The Kier molecular flexibility index (Phi) is 6.24. The molecule has 1 rings (SSSR count). The molecule has 0 fully saturated rings. The van der Waals surface area contributed by atoms with Crippen LogP contribution in [0.1, 0.15) is 46.6 Å². The molecule has 0 spiro atoms. The first-order valence-corrected chi connectivity index (χ1v) is 7.86. The summed E-state index contributed by atoms with van der Waals surface area (Å²) < 4.78 is 0. The van der Waals surface area contributed by atoms with Crippen molar-refractivity contribution in [3.05, 3.63) is 29.8 Å². The van der Waals surface area contributed by atoms with Crippen molar-refractivity contribution in [1.29, 1.82) is 0 Å². The van der Waals surface area contributed by atoms with Crippen molar-refractivity contribution in [2.24, 2.45) is 5.92 Å². The topological polar surface area (TPSA) is 12.0 Å². The number of hydrogen-bond donors (Lipinski definition) is 1. The Hall–Kier alpha value is -0.470. The first-order chi connectivity index (χ1) is 8.40. The third-order valence-electron chi connectivity index (χ3n) is 2.95. The summed E-state index contributed by atoms with van der Waals surface area (Å²) in [5.74, 6) is 2.01. The summed E-state index contributed by atoms with van der Waals surface area (Å²) in [6.07, 6.45) is 1.26. The Balaban J connectivity index is 2.51. The minimum Gasteiger partial charge on any atom is -0.308 e. The quantitative estimate of drug-likeness (QED) is 0.747. The number of thioether (sulfide) groups is 1. The highest BCUT2D eigenvalue weighted by molar-refractivity contribution is 7.99. The third-order valence-corrected chi connectivity index (χ3v) is 4.28. The molecule has 1 aromatic carbocycles. The van der Waals surface area contributed by atoms with Crippen molar-refractivity contribution in [1.82, 2.24) is 5.32 Å². The maximum Gasteiger partial charge on any atom is 0.0210 e. The zero-order valence-electron chi connectivity index (χ0n) is 12.4. The van der Waals surface area contributed by atoms with Crippen molar-refractivity contribution >= 4 is 11.8 Å². The average Bonchev–Trinajstić information content (AvgIpc) is 2.33. The molecule has 1 unspecified atom stereocenters. The fourth-order valence-corrected chi connectivity index (χ4v) is 2.59. The lowest BCUT2D eigenvalue weighted by Gasteiger charge is -2.20. The van der Waals surface area contributed by atoms with Gasteiger partial charge in [0.1, 0.15) is 0 Å². The molecule has 0 aliphatic rings. The largest absolute Gasteiger partial charge is 0.308 e. The fraction of sp³-hybridized carbons (Fsp3) is 0.625. The molecular formula is C16H27NS. The molecule has 0 aliphatic heterocycles. The molecule has 1 aromatic rings. The number of rotatable bonds is 6. The van der Waals surface area contributed by atoms with Crippen LogP contribution in [0.4, 0.5) is 0 Å². The van der Waals surface area contributed by atoms with Gasteiger partial charge < -0.3 is 5.32 Å². The average molecular weight is 265 g/mol. The maximum atomic E-state index is 3.53. The molecule has 1 nitrogen and oxygen atoms in total. The predicted molar refractivity (Wildman–Crippen MR) is 83.2 cm³/mol. The van der Waals surface area contributed by atoms with Crippen molar-refractivity contribution in [2.45, 2.75) is 58.0 Å². The van der Waals surface area contributed by atoms with E-state index in [2.05, 4.69) is 64.2 Å². The van der Waals surface area contributed by atoms with Crippen LogP contribution in [0, 0.1) is 5.92 Å². The van der Waals surface area contributed by atoms with Crippen LogP contribution >= 0.6 is 11.8 Å². The molecule has 0 radical (unpaired) electrons. The van der Waals surface area contributed by atoms with Crippen molar-refractivity contribution in [3.8, 4) is 0 Å². The Morgan fingerprint density at radius 2 is 2.00 bits per heavy atom.